The number of benzene rings is 6. The number of aryl methyl sites for hydroxylation is 2. The highest BCUT2D eigenvalue weighted by Gasteiger charge is 2.19. The zero-order valence-electron chi connectivity index (χ0n) is 18.7. The molecule has 0 aromatic heterocycles. The lowest BCUT2D eigenvalue weighted by molar-refractivity contribution is 0.00398. The van der Waals surface area contributed by atoms with Gasteiger partial charge in [0, 0.05) is 5.56 Å². The highest BCUT2D eigenvalue weighted by Crippen LogP contribution is 2.37. The first-order valence-electron chi connectivity index (χ1n) is 11.3. The van der Waals surface area contributed by atoms with Crippen LogP contribution in [0.4, 0.5) is 0 Å². The molecule has 6 rings (SSSR count). The molecule has 0 aliphatic carbocycles. The van der Waals surface area contributed by atoms with Gasteiger partial charge in [-0.3, -0.25) is 0 Å². The molecule has 0 radical (unpaired) electrons. The summed E-state index contributed by atoms with van der Waals surface area (Å²) in [5.74, 6) is 1.56. The fourth-order valence-electron chi connectivity index (χ4n) is 4.55. The van der Waals surface area contributed by atoms with Crippen LogP contribution in [0.2, 0.25) is 0 Å². The third-order valence-electron chi connectivity index (χ3n) is 6.29. The van der Waals surface area contributed by atoms with E-state index in [4.69, 9.17) is 9.47 Å². The van der Waals surface area contributed by atoms with E-state index in [1.807, 2.05) is 24.3 Å². The molecule has 0 fully saturated rings. The molecule has 0 amide bonds. The third kappa shape index (κ3) is 3.64. The van der Waals surface area contributed by atoms with Gasteiger partial charge in [-0.1, -0.05) is 77.9 Å². The molecular weight excluding hydrogens is 404 g/mol. The number of rotatable bonds is 5. The van der Waals surface area contributed by atoms with Crippen LogP contribution in [0.5, 0.6) is 11.5 Å². The molecule has 0 saturated carbocycles. The molecule has 2 nitrogen and oxygen atoms in total. The van der Waals surface area contributed by atoms with Crippen molar-refractivity contribution >= 4 is 32.3 Å². The Morgan fingerprint density at radius 1 is 0.485 bits per heavy atom. The van der Waals surface area contributed by atoms with E-state index < -0.39 is 6.29 Å². The van der Waals surface area contributed by atoms with Crippen molar-refractivity contribution in [3.8, 4) is 11.5 Å². The Morgan fingerprint density at radius 2 is 0.909 bits per heavy atom. The summed E-state index contributed by atoms with van der Waals surface area (Å²) in [5.41, 5.74) is 3.38. The standard InChI is InChI=1S/C31H24O2/c1-20-6-14-27(15-7-20)32-31(33-28-16-8-21(2)9-17-28)26-18-24-12-10-22-4-3-5-23-11-13-25(19-26)30(24)29(22)23/h3-19,31H,1-2H3. The zero-order valence-corrected chi connectivity index (χ0v) is 18.7. The monoisotopic (exact) mass is 428 g/mol. The van der Waals surface area contributed by atoms with Gasteiger partial charge in [-0.15, -0.1) is 0 Å². The predicted molar refractivity (Wildman–Crippen MR) is 137 cm³/mol. The molecule has 160 valence electrons. The van der Waals surface area contributed by atoms with Gasteiger partial charge >= 0.3 is 0 Å². The van der Waals surface area contributed by atoms with Crippen molar-refractivity contribution in [1.29, 1.82) is 0 Å². The van der Waals surface area contributed by atoms with E-state index in [1.54, 1.807) is 0 Å². The van der Waals surface area contributed by atoms with Gasteiger partial charge in [0.1, 0.15) is 11.5 Å². The van der Waals surface area contributed by atoms with Crippen molar-refractivity contribution in [2.24, 2.45) is 0 Å². The second kappa shape index (κ2) is 7.83. The van der Waals surface area contributed by atoms with Crippen molar-refractivity contribution in [1.82, 2.24) is 0 Å². The van der Waals surface area contributed by atoms with Crippen LogP contribution < -0.4 is 9.47 Å². The van der Waals surface area contributed by atoms with Crippen molar-refractivity contribution in [3.05, 3.63) is 120 Å². The molecule has 0 aliphatic rings. The first-order chi connectivity index (χ1) is 16.1. The van der Waals surface area contributed by atoms with Crippen molar-refractivity contribution in [2.45, 2.75) is 20.1 Å². The summed E-state index contributed by atoms with van der Waals surface area (Å²) in [4.78, 5) is 0. The van der Waals surface area contributed by atoms with Crippen molar-refractivity contribution in [2.75, 3.05) is 0 Å². The second-order valence-electron chi connectivity index (χ2n) is 8.75. The summed E-state index contributed by atoms with van der Waals surface area (Å²) in [6.45, 7) is 4.14. The number of hydrogen-bond donors (Lipinski definition) is 0. The Balaban J connectivity index is 1.48. The summed E-state index contributed by atoms with van der Waals surface area (Å²) < 4.78 is 12.8. The van der Waals surface area contributed by atoms with E-state index in [2.05, 4.69) is 92.7 Å². The lowest BCUT2D eigenvalue weighted by Gasteiger charge is -2.22. The van der Waals surface area contributed by atoms with E-state index in [0.717, 1.165) is 17.1 Å². The minimum Gasteiger partial charge on any atom is -0.451 e. The van der Waals surface area contributed by atoms with Crippen LogP contribution in [0.25, 0.3) is 32.3 Å². The molecule has 6 aromatic rings. The molecule has 0 N–H and O–H groups in total. The lowest BCUT2D eigenvalue weighted by atomic mass is 9.93. The van der Waals surface area contributed by atoms with Crippen molar-refractivity contribution < 1.29 is 9.47 Å². The third-order valence-corrected chi connectivity index (χ3v) is 6.29. The molecule has 0 atom stereocenters. The van der Waals surface area contributed by atoms with Crippen molar-refractivity contribution in [3.63, 3.8) is 0 Å². The normalized spacial score (nSPS) is 11.6. The molecule has 0 unspecified atom stereocenters. The SMILES string of the molecule is Cc1ccc(OC(Oc2ccc(C)cc2)c2cc3ccc4cccc5ccc(c2)c3c45)cc1. The van der Waals surface area contributed by atoms with Gasteiger partial charge < -0.3 is 9.47 Å². The van der Waals surface area contributed by atoms with Crippen LogP contribution >= 0.6 is 0 Å². The Bertz CT molecular complexity index is 1450. The highest BCUT2D eigenvalue weighted by molar-refractivity contribution is 6.23. The molecule has 0 aliphatic heterocycles. The second-order valence-corrected chi connectivity index (χ2v) is 8.75. The van der Waals surface area contributed by atoms with Gasteiger partial charge in [0.25, 0.3) is 6.29 Å². The average Bonchev–Trinajstić information content (AvgIpc) is 2.84. The summed E-state index contributed by atoms with van der Waals surface area (Å²) in [7, 11) is 0. The van der Waals surface area contributed by atoms with Crippen LogP contribution in [-0.2, 0) is 0 Å². The van der Waals surface area contributed by atoms with Gasteiger partial charge in [-0.25, -0.2) is 0 Å². The van der Waals surface area contributed by atoms with Crippen LogP contribution in [-0.4, -0.2) is 0 Å². The molecule has 2 heteroatoms. The summed E-state index contributed by atoms with van der Waals surface area (Å²) in [6, 6.07) is 35.8. The Labute approximate surface area is 193 Å². The minimum absolute atomic E-state index is 0.572. The van der Waals surface area contributed by atoms with Gasteiger partial charge in [-0.2, -0.15) is 0 Å². The molecule has 0 heterocycles. The molecule has 0 bridgehead atoms. The molecule has 0 spiro atoms. The average molecular weight is 429 g/mol. The first kappa shape index (κ1) is 19.6. The van der Waals surface area contributed by atoms with Crippen LogP contribution in [0.15, 0.2) is 103 Å². The quantitative estimate of drug-likeness (QED) is 0.203. The van der Waals surface area contributed by atoms with E-state index >= 15 is 0 Å². The Kier molecular flexibility index (Phi) is 4.66. The molecule has 0 saturated heterocycles. The Hall–Kier alpha value is -4.04. The highest BCUT2D eigenvalue weighted by atomic mass is 16.7. The van der Waals surface area contributed by atoms with E-state index in [1.165, 1.54) is 43.4 Å². The largest absolute Gasteiger partial charge is 0.451 e. The summed E-state index contributed by atoms with van der Waals surface area (Å²) in [6.07, 6.45) is -0.572. The van der Waals surface area contributed by atoms with Crippen LogP contribution in [0.3, 0.4) is 0 Å². The van der Waals surface area contributed by atoms with Gasteiger partial charge in [-0.05, 0) is 82.6 Å². The van der Waals surface area contributed by atoms with E-state index in [-0.39, 0.29) is 0 Å². The van der Waals surface area contributed by atoms with Gasteiger partial charge in [0.05, 0.1) is 0 Å². The van der Waals surface area contributed by atoms with Crippen LogP contribution in [0.1, 0.15) is 23.0 Å². The predicted octanol–water partition coefficient (Wildman–Crippen LogP) is 8.36. The Morgan fingerprint density at radius 3 is 1.39 bits per heavy atom. The lowest BCUT2D eigenvalue weighted by Crippen LogP contribution is -2.15. The van der Waals surface area contributed by atoms with Gasteiger partial charge in [0.15, 0.2) is 0 Å². The fourth-order valence-corrected chi connectivity index (χ4v) is 4.55. The molecular formula is C31H24O2. The summed E-state index contributed by atoms with van der Waals surface area (Å²) >= 11 is 0. The van der Waals surface area contributed by atoms with Crippen LogP contribution in [0, 0.1) is 13.8 Å². The maximum atomic E-state index is 6.39. The molecule has 33 heavy (non-hydrogen) atoms. The zero-order chi connectivity index (χ0) is 22.4. The smallest absolute Gasteiger partial charge is 0.267 e. The van der Waals surface area contributed by atoms with E-state index in [0.29, 0.717) is 0 Å². The maximum Gasteiger partial charge on any atom is 0.267 e. The van der Waals surface area contributed by atoms with E-state index in [9.17, 15) is 0 Å². The molecule has 6 aromatic carbocycles. The summed E-state index contributed by atoms with van der Waals surface area (Å²) in [5, 5.41) is 7.52. The number of hydrogen-bond acceptors (Lipinski definition) is 2. The topological polar surface area (TPSA) is 18.5 Å². The minimum atomic E-state index is -0.572. The fraction of sp³-hybridized carbons (Fsp3) is 0.0968. The maximum absolute atomic E-state index is 6.39. The first-order valence-corrected chi connectivity index (χ1v) is 11.3. The number of ether oxygens (including phenoxy) is 2. The van der Waals surface area contributed by atoms with Gasteiger partial charge in [0.2, 0.25) is 0 Å².